The van der Waals surface area contributed by atoms with Gasteiger partial charge < -0.3 is 15.4 Å². The van der Waals surface area contributed by atoms with Crippen LogP contribution in [0.2, 0.25) is 0 Å². The first-order chi connectivity index (χ1) is 13.6. The molecule has 0 spiro atoms. The number of carbonyl (C=O) groups is 2. The number of aryl methyl sites for hydroxylation is 1. The molecule has 3 aromatic rings. The average Bonchev–Trinajstić information content (AvgIpc) is 3.32. The molecule has 1 saturated heterocycles. The summed E-state index contributed by atoms with van der Waals surface area (Å²) in [4.78, 5) is 23.8. The number of cyclic esters (lactones) is 1. The third kappa shape index (κ3) is 3.85. The van der Waals surface area contributed by atoms with E-state index in [1.54, 1.807) is 16.9 Å². The molecule has 0 radical (unpaired) electrons. The second kappa shape index (κ2) is 7.51. The lowest BCUT2D eigenvalue weighted by Gasteiger charge is -2.09. The van der Waals surface area contributed by atoms with E-state index in [9.17, 15) is 9.59 Å². The molecule has 0 saturated carbocycles. The van der Waals surface area contributed by atoms with E-state index in [1.165, 1.54) is 0 Å². The molecule has 4 rings (SSSR count). The predicted octanol–water partition coefficient (Wildman–Crippen LogP) is 2.61. The fourth-order valence-corrected chi connectivity index (χ4v) is 3.01. The maximum atomic E-state index is 12.7. The number of hydrogen-bond acceptors (Lipinski definition) is 5. The van der Waals surface area contributed by atoms with Gasteiger partial charge >= 0.3 is 6.09 Å². The van der Waals surface area contributed by atoms with E-state index >= 15 is 0 Å². The monoisotopic (exact) mass is 377 g/mol. The van der Waals surface area contributed by atoms with Gasteiger partial charge in [-0.3, -0.25) is 4.79 Å². The molecule has 28 heavy (non-hydrogen) atoms. The third-order valence-electron chi connectivity index (χ3n) is 4.49. The first kappa shape index (κ1) is 17.7. The lowest BCUT2D eigenvalue weighted by atomic mass is 10.0. The molecule has 2 heterocycles. The Labute approximate surface area is 161 Å². The van der Waals surface area contributed by atoms with Crippen LogP contribution in [-0.2, 0) is 11.3 Å². The maximum absolute atomic E-state index is 12.7. The number of benzene rings is 2. The van der Waals surface area contributed by atoms with Crippen LogP contribution in [0.3, 0.4) is 0 Å². The van der Waals surface area contributed by atoms with Gasteiger partial charge in [-0.15, -0.1) is 5.10 Å². The molecule has 2 N–H and O–H groups in total. The van der Waals surface area contributed by atoms with Crippen LogP contribution in [0.5, 0.6) is 0 Å². The minimum atomic E-state index is -0.419. The molecule has 1 aliphatic rings. The second-order valence-corrected chi connectivity index (χ2v) is 6.58. The SMILES string of the molecule is Cc1ccc(-c2cn(CC3CNC(=O)O3)nn2)cc1C(=O)Nc1ccccc1. The van der Waals surface area contributed by atoms with Crippen molar-refractivity contribution < 1.29 is 14.3 Å². The summed E-state index contributed by atoms with van der Waals surface area (Å²) in [7, 11) is 0. The van der Waals surface area contributed by atoms with E-state index in [-0.39, 0.29) is 12.0 Å². The number of amides is 2. The van der Waals surface area contributed by atoms with Gasteiger partial charge in [0, 0.05) is 16.8 Å². The van der Waals surface area contributed by atoms with Crippen molar-refractivity contribution in [3.63, 3.8) is 0 Å². The molecule has 1 fully saturated rings. The van der Waals surface area contributed by atoms with Gasteiger partial charge in [-0.25, -0.2) is 9.48 Å². The minimum absolute atomic E-state index is 0.179. The Morgan fingerprint density at radius 3 is 2.86 bits per heavy atom. The predicted molar refractivity (Wildman–Crippen MR) is 103 cm³/mol. The summed E-state index contributed by atoms with van der Waals surface area (Å²) >= 11 is 0. The van der Waals surface area contributed by atoms with Gasteiger partial charge in [0.1, 0.15) is 11.8 Å². The molecule has 2 amide bonds. The van der Waals surface area contributed by atoms with Crippen molar-refractivity contribution in [3.8, 4) is 11.3 Å². The summed E-state index contributed by atoms with van der Waals surface area (Å²) in [5.74, 6) is -0.179. The molecule has 1 unspecified atom stereocenters. The van der Waals surface area contributed by atoms with Gasteiger partial charge in [-0.2, -0.15) is 0 Å². The summed E-state index contributed by atoms with van der Waals surface area (Å²) in [5.41, 5.74) is 3.61. The number of aromatic nitrogens is 3. The highest BCUT2D eigenvalue weighted by Crippen LogP contribution is 2.22. The molecular formula is C20H19N5O3. The number of nitrogens with zero attached hydrogens (tertiary/aromatic N) is 3. The number of hydrogen-bond donors (Lipinski definition) is 2. The fourth-order valence-electron chi connectivity index (χ4n) is 3.01. The Kier molecular flexibility index (Phi) is 4.76. The topological polar surface area (TPSA) is 98.1 Å². The van der Waals surface area contributed by atoms with Crippen molar-refractivity contribution in [2.45, 2.75) is 19.6 Å². The lowest BCUT2D eigenvalue weighted by Crippen LogP contribution is -2.20. The molecule has 142 valence electrons. The maximum Gasteiger partial charge on any atom is 0.407 e. The molecule has 1 aliphatic heterocycles. The molecular weight excluding hydrogens is 358 g/mol. The highest BCUT2D eigenvalue weighted by atomic mass is 16.6. The van der Waals surface area contributed by atoms with Crippen molar-refractivity contribution in [3.05, 3.63) is 65.9 Å². The molecule has 8 nitrogen and oxygen atoms in total. The van der Waals surface area contributed by atoms with E-state index in [2.05, 4.69) is 20.9 Å². The van der Waals surface area contributed by atoms with Gasteiger partial charge in [0.05, 0.1) is 19.3 Å². The highest BCUT2D eigenvalue weighted by Gasteiger charge is 2.23. The first-order valence-electron chi connectivity index (χ1n) is 8.90. The summed E-state index contributed by atoms with van der Waals surface area (Å²) in [6.07, 6.45) is 1.08. The van der Waals surface area contributed by atoms with Crippen LogP contribution in [0.15, 0.2) is 54.7 Å². The first-order valence-corrected chi connectivity index (χ1v) is 8.90. The number of carbonyl (C=O) groups excluding carboxylic acids is 2. The van der Waals surface area contributed by atoms with Crippen LogP contribution >= 0.6 is 0 Å². The van der Waals surface area contributed by atoms with Crippen LogP contribution in [0, 0.1) is 6.92 Å². The number of para-hydroxylation sites is 1. The highest BCUT2D eigenvalue weighted by molar-refractivity contribution is 6.05. The molecule has 1 aromatic heterocycles. The average molecular weight is 377 g/mol. The third-order valence-corrected chi connectivity index (χ3v) is 4.49. The van der Waals surface area contributed by atoms with Crippen molar-refractivity contribution in [2.24, 2.45) is 0 Å². The van der Waals surface area contributed by atoms with E-state index in [0.29, 0.717) is 24.3 Å². The van der Waals surface area contributed by atoms with E-state index < -0.39 is 6.09 Å². The standard InChI is InChI=1S/C20H19N5O3/c1-13-7-8-14(9-17(13)19(26)22-15-5-3-2-4-6-15)18-12-25(24-23-18)11-16-10-21-20(27)28-16/h2-9,12,16H,10-11H2,1H3,(H,21,27)(H,22,26). The van der Waals surface area contributed by atoms with Crippen molar-refractivity contribution in [1.82, 2.24) is 20.3 Å². The Balaban J connectivity index is 1.52. The zero-order valence-corrected chi connectivity index (χ0v) is 15.3. The van der Waals surface area contributed by atoms with Gasteiger partial charge in [-0.05, 0) is 30.7 Å². The van der Waals surface area contributed by atoms with Crippen LogP contribution in [0.25, 0.3) is 11.3 Å². The van der Waals surface area contributed by atoms with Gasteiger partial charge in [0.15, 0.2) is 0 Å². The molecule has 0 aliphatic carbocycles. The quantitative estimate of drug-likeness (QED) is 0.712. The van der Waals surface area contributed by atoms with Crippen molar-refractivity contribution in [2.75, 3.05) is 11.9 Å². The zero-order chi connectivity index (χ0) is 19.5. The van der Waals surface area contributed by atoms with E-state index in [0.717, 1.165) is 16.8 Å². The molecule has 2 aromatic carbocycles. The normalized spacial score (nSPS) is 15.8. The van der Waals surface area contributed by atoms with Gasteiger partial charge in [0.2, 0.25) is 0 Å². The Bertz CT molecular complexity index is 1020. The van der Waals surface area contributed by atoms with Crippen molar-refractivity contribution in [1.29, 1.82) is 0 Å². The van der Waals surface area contributed by atoms with Crippen LogP contribution in [-0.4, -0.2) is 39.6 Å². The summed E-state index contributed by atoms with van der Waals surface area (Å²) in [6.45, 7) is 2.75. The van der Waals surface area contributed by atoms with Crippen molar-refractivity contribution >= 4 is 17.7 Å². The Morgan fingerprint density at radius 2 is 2.11 bits per heavy atom. The van der Waals surface area contributed by atoms with Crippen LogP contribution in [0.1, 0.15) is 15.9 Å². The number of alkyl carbamates (subject to hydrolysis) is 1. The van der Waals surface area contributed by atoms with Gasteiger partial charge in [0.25, 0.3) is 5.91 Å². The summed E-state index contributed by atoms with van der Waals surface area (Å²) in [6, 6.07) is 14.9. The molecule has 1 atom stereocenters. The number of nitrogens with one attached hydrogen (secondary N) is 2. The van der Waals surface area contributed by atoms with E-state index in [1.807, 2.05) is 49.4 Å². The number of ether oxygens (including phenoxy) is 1. The van der Waals surface area contributed by atoms with E-state index in [4.69, 9.17) is 4.74 Å². The Hall–Kier alpha value is -3.68. The Morgan fingerprint density at radius 1 is 1.29 bits per heavy atom. The summed E-state index contributed by atoms with van der Waals surface area (Å²) in [5, 5.41) is 13.8. The number of rotatable bonds is 5. The lowest BCUT2D eigenvalue weighted by molar-refractivity contribution is 0.102. The molecule has 8 heteroatoms. The van der Waals surface area contributed by atoms with Crippen LogP contribution < -0.4 is 10.6 Å². The second-order valence-electron chi connectivity index (χ2n) is 6.58. The fraction of sp³-hybridized carbons (Fsp3) is 0.200. The minimum Gasteiger partial charge on any atom is -0.442 e. The zero-order valence-electron chi connectivity index (χ0n) is 15.3. The van der Waals surface area contributed by atoms with Gasteiger partial charge in [-0.1, -0.05) is 35.5 Å². The largest absolute Gasteiger partial charge is 0.442 e. The smallest absolute Gasteiger partial charge is 0.407 e. The number of anilines is 1. The molecule has 0 bridgehead atoms. The van der Waals surface area contributed by atoms with Crippen LogP contribution in [0.4, 0.5) is 10.5 Å². The summed E-state index contributed by atoms with van der Waals surface area (Å²) < 4.78 is 6.74.